The first-order valence-corrected chi connectivity index (χ1v) is 19.3. The van der Waals surface area contributed by atoms with Crippen molar-refractivity contribution in [1.29, 1.82) is 0 Å². The molecule has 53 heavy (non-hydrogen) atoms. The van der Waals surface area contributed by atoms with Crippen molar-refractivity contribution in [2.45, 2.75) is 78.0 Å². The molecule has 6 rings (SSSR count). The van der Waals surface area contributed by atoms with Crippen LogP contribution in [0.3, 0.4) is 0 Å². The number of amides is 2. The largest absolute Gasteiger partial charge is 0.489 e. The van der Waals surface area contributed by atoms with E-state index in [0.29, 0.717) is 61.7 Å². The zero-order valence-electron chi connectivity index (χ0n) is 31.0. The van der Waals surface area contributed by atoms with Gasteiger partial charge in [-0.2, -0.15) is 4.98 Å². The molecule has 280 valence electrons. The van der Waals surface area contributed by atoms with Crippen LogP contribution in [0.25, 0.3) is 0 Å². The molecular weight excluding hydrogens is 686 g/mol. The molecule has 0 unspecified atom stereocenters. The minimum Gasteiger partial charge on any atom is -0.489 e. The van der Waals surface area contributed by atoms with Crippen molar-refractivity contribution in [3.63, 3.8) is 0 Å². The van der Waals surface area contributed by atoms with Gasteiger partial charge in [0.15, 0.2) is 5.82 Å². The van der Waals surface area contributed by atoms with E-state index in [9.17, 15) is 9.59 Å². The lowest BCUT2D eigenvalue weighted by Gasteiger charge is -2.38. The number of halogens is 1. The maximum Gasteiger partial charge on any atom is 0.229 e. The normalized spacial score (nSPS) is 17.7. The molecule has 1 aromatic heterocycles. The van der Waals surface area contributed by atoms with Crippen molar-refractivity contribution in [3.05, 3.63) is 106 Å². The Morgan fingerprint density at radius 2 is 1.49 bits per heavy atom. The van der Waals surface area contributed by atoms with E-state index in [4.69, 9.17) is 21.3 Å². The van der Waals surface area contributed by atoms with Gasteiger partial charge in [0.1, 0.15) is 10.8 Å². The summed E-state index contributed by atoms with van der Waals surface area (Å²) in [5.74, 6) is 2.15. The number of piperidine rings is 2. The topological polar surface area (TPSA) is 121 Å². The van der Waals surface area contributed by atoms with E-state index in [-0.39, 0.29) is 29.8 Å². The van der Waals surface area contributed by atoms with Gasteiger partial charge in [-0.25, -0.2) is 4.98 Å². The van der Waals surface area contributed by atoms with Crippen molar-refractivity contribution in [2.24, 2.45) is 11.8 Å². The molecule has 0 aliphatic carbocycles. The molecule has 0 bridgehead atoms. The van der Waals surface area contributed by atoms with E-state index in [0.717, 1.165) is 54.9 Å². The first-order chi connectivity index (χ1) is 25.7. The smallest absolute Gasteiger partial charge is 0.229 e. The molecule has 2 amide bonds. The summed E-state index contributed by atoms with van der Waals surface area (Å²) in [5.41, 5.74) is 5.40. The lowest BCUT2D eigenvalue weighted by Crippen LogP contribution is -2.44. The highest BCUT2D eigenvalue weighted by Gasteiger charge is 2.32. The van der Waals surface area contributed by atoms with E-state index < -0.39 is 0 Å². The lowest BCUT2D eigenvalue weighted by molar-refractivity contribution is -0.122. The third-order valence-corrected chi connectivity index (χ3v) is 10.3. The van der Waals surface area contributed by atoms with Crippen molar-refractivity contribution in [3.8, 4) is 5.75 Å². The third-order valence-electron chi connectivity index (χ3n) is 10.0. The number of carbonyl (C=O) groups is 2. The van der Waals surface area contributed by atoms with E-state index in [1.807, 2.05) is 74.5 Å². The fourth-order valence-corrected chi connectivity index (χ4v) is 7.75. The summed E-state index contributed by atoms with van der Waals surface area (Å²) in [7, 11) is 0. The molecule has 3 heterocycles. The van der Waals surface area contributed by atoms with Crippen LogP contribution in [0.15, 0.2) is 79.0 Å². The summed E-state index contributed by atoms with van der Waals surface area (Å²) < 4.78 is 6.33. The van der Waals surface area contributed by atoms with E-state index >= 15 is 0 Å². The van der Waals surface area contributed by atoms with Crippen molar-refractivity contribution < 1.29 is 14.3 Å². The quantitative estimate of drug-likeness (QED) is 0.107. The highest BCUT2D eigenvalue weighted by atomic mass is 35.5. The van der Waals surface area contributed by atoms with Crippen LogP contribution < -0.4 is 30.9 Å². The van der Waals surface area contributed by atoms with Crippen LogP contribution in [-0.4, -0.2) is 54.1 Å². The molecule has 3 aromatic carbocycles. The Labute approximate surface area is 318 Å². The number of aryl methyl sites for hydroxylation is 1. The number of rotatable bonds is 14. The second kappa shape index (κ2) is 18.4. The van der Waals surface area contributed by atoms with Crippen LogP contribution in [0, 0.1) is 18.8 Å². The van der Waals surface area contributed by atoms with Crippen molar-refractivity contribution >= 4 is 40.9 Å². The monoisotopic (exact) mass is 737 g/mol. The molecule has 2 aliphatic rings. The Morgan fingerprint density at radius 1 is 0.906 bits per heavy atom. The molecule has 11 heteroatoms. The number of aromatic nitrogens is 2. The van der Waals surface area contributed by atoms with Crippen molar-refractivity contribution in [1.82, 2.24) is 25.9 Å². The number of nitrogens with one attached hydrogen (secondary N) is 4. The Kier molecular flexibility index (Phi) is 13.2. The van der Waals surface area contributed by atoms with Gasteiger partial charge in [-0.05, 0) is 105 Å². The Hall–Kier alpha value is -4.67. The Morgan fingerprint density at radius 3 is 2.06 bits per heavy atom. The van der Waals surface area contributed by atoms with Crippen LogP contribution in [0.2, 0.25) is 5.02 Å². The minimum absolute atomic E-state index is 0.00915. The molecule has 4 aromatic rings. The van der Waals surface area contributed by atoms with E-state index in [1.54, 1.807) is 6.20 Å². The second-order valence-electron chi connectivity index (χ2n) is 14.7. The van der Waals surface area contributed by atoms with Crippen LogP contribution >= 0.6 is 11.6 Å². The maximum atomic E-state index is 13.2. The highest BCUT2D eigenvalue weighted by Crippen LogP contribution is 2.38. The van der Waals surface area contributed by atoms with Crippen LogP contribution in [-0.2, 0) is 22.7 Å². The van der Waals surface area contributed by atoms with Crippen LogP contribution in [0.4, 0.5) is 17.5 Å². The first kappa shape index (κ1) is 38.1. The summed E-state index contributed by atoms with van der Waals surface area (Å²) in [6, 6.07) is 24.1. The summed E-state index contributed by atoms with van der Waals surface area (Å²) >= 11 is 6.82. The fraction of sp³-hybridized carbons (Fsp3) is 0.429. The molecule has 4 N–H and O–H groups in total. The molecule has 2 saturated heterocycles. The molecule has 0 radical (unpaired) electrons. The van der Waals surface area contributed by atoms with Crippen LogP contribution in [0.1, 0.15) is 74.1 Å². The predicted octanol–water partition coefficient (Wildman–Crippen LogP) is 7.29. The maximum absolute atomic E-state index is 13.2. The zero-order chi connectivity index (χ0) is 37.2. The molecule has 0 saturated carbocycles. The van der Waals surface area contributed by atoms with Gasteiger partial charge >= 0.3 is 0 Å². The average Bonchev–Trinajstić information content (AvgIpc) is 3.16. The average molecular weight is 738 g/mol. The Balaban J connectivity index is 1.20. The molecule has 0 spiro atoms. The molecule has 2 atom stereocenters. The third kappa shape index (κ3) is 10.9. The van der Waals surface area contributed by atoms with Gasteiger partial charge in [-0.1, -0.05) is 72.3 Å². The highest BCUT2D eigenvalue weighted by molar-refractivity contribution is 6.32. The number of hydrogen-bond donors (Lipinski definition) is 4. The number of carbonyl (C=O) groups excluding carboxylic acids is 2. The standard InChI is InChI=1S/C42H52ClN7O3/c1-28(2)53-38-22-35(34-14-16-44-17-15-34)29(3)18-37(38)48-42-47-25-36(43)41(49-42)50-26-32(20-39(51)45-23-30-10-6-4-7-11-30)19-33(27-50)21-40(52)46-24-31-12-8-5-9-13-31/h4-13,18,22,25,28,32-34,44H,14-17,19-21,23-24,26-27H2,1-3H3,(H,45,51)(H,46,52)(H,47,48,49)/t32-,33+. The number of benzene rings is 3. The van der Waals surface area contributed by atoms with Gasteiger partial charge < -0.3 is 30.9 Å². The predicted molar refractivity (Wildman–Crippen MR) is 212 cm³/mol. The van der Waals surface area contributed by atoms with E-state index in [1.165, 1.54) is 11.1 Å². The number of ether oxygens (including phenoxy) is 1. The first-order valence-electron chi connectivity index (χ1n) is 18.9. The minimum atomic E-state index is -0.0230. The fourth-order valence-electron chi connectivity index (χ4n) is 7.54. The van der Waals surface area contributed by atoms with Gasteiger partial charge in [-0.3, -0.25) is 9.59 Å². The zero-order valence-corrected chi connectivity index (χ0v) is 31.8. The van der Waals surface area contributed by atoms with Crippen LogP contribution in [0.5, 0.6) is 5.75 Å². The molecule has 2 fully saturated rings. The van der Waals surface area contributed by atoms with E-state index in [2.05, 4.69) is 50.2 Å². The van der Waals surface area contributed by atoms with Gasteiger partial charge in [0.05, 0.1) is 18.0 Å². The summed E-state index contributed by atoms with van der Waals surface area (Å²) in [4.78, 5) is 38.0. The van der Waals surface area contributed by atoms with Gasteiger partial charge in [-0.15, -0.1) is 0 Å². The van der Waals surface area contributed by atoms with Gasteiger partial charge in [0.25, 0.3) is 0 Å². The van der Waals surface area contributed by atoms with Crippen molar-refractivity contribution in [2.75, 3.05) is 36.4 Å². The molecular formula is C42H52ClN7O3. The Bertz CT molecular complexity index is 1750. The number of nitrogens with zero attached hydrogens (tertiary/aromatic N) is 3. The summed E-state index contributed by atoms with van der Waals surface area (Å²) in [5, 5.41) is 13.5. The number of hydrogen-bond acceptors (Lipinski definition) is 8. The van der Waals surface area contributed by atoms with Gasteiger partial charge in [0, 0.05) is 39.0 Å². The molecule has 2 aliphatic heterocycles. The summed E-state index contributed by atoms with van der Waals surface area (Å²) in [6.45, 7) is 10.3. The second-order valence-corrected chi connectivity index (χ2v) is 15.1. The number of anilines is 3. The summed E-state index contributed by atoms with van der Waals surface area (Å²) in [6.07, 6.45) is 5.19. The van der Waals surface area contributed by atoms with Gasteiger partial charge in [0.2, 0.25) is 17.8 Å². The lowest BCUT2D eigenvalue weighted by atomic mass is 9.85. The molecule has 10 nitrogen and oxygen atoms in total. The SMILES string of the molecule is Cc1cc(Nc2ncc(Cl)c(N3C[C@H](CC(=O)NCc4ccccc4)C[C@H](CC(=O)NCc4ccccc4)C3)n2)c(OC(C)C)cc1C1CCNCC1.